The van der Waals surface area contributed by atoms with E-state index in [1.165, 1.54) is 12.5 Å². The summed E-state index contributed by atoms with van der Waals surface area (Å²) in [5, 5.41) is 23.1. The lowest BCUT2D eigenvalue weighted by atomic mass is 10.1. The van der Waals surface area contributed by atoms with Gasteiger partial charge in [0.15, 0.2) is 5.65 Å². The quantitative estimate of drug-likeness (QED) is 0.186. The maximum Gasteiger partial charge on any atom is 0.323 e. The van der Waals surface area contributed by atoms with Gasteiger partial charge in [-0.05, 0) is 49.2 Å². The first-order chi connectivity index (χ1) is 18.9. The number of urea groups is 1. The van der Waals surface area contributed by atoms with Crippen molar-refractivity contribution >= 4 is 28.9 Å². The molecule has 8 nitrogen and oxygen atoms in total. The van der Waals surface area contributed by atoms with Gasteiger partial charge in [-0.2, -0.15) is 9.61 Å². The maximum atomic E-state index is 12.4. The summed E-state index contributed by atoms with van der Waals surface area (Å²) in [6.45, 7) is 8.85. The zero-order valence-corrected chi connectivity index (χ0v) is 22.7. The van der Waals surface area contributed by atoms with Gasteiger partial charge >= 0.3 is 6.03 Å². The van der Waals surface area contributed by atoms with Crippen molar-refractivity contribution in [3.8, 4) is 17.0 Å². The summed E-state index contributed by atoms with van der Waals surface area (Å²) in [7, 11) is 0. The molecule has 0 radical (unpaired) electrons. The zero-order valence-electron chi connectivity index (χ0n) is 22.7. The van der Waals surface area contributed by atoms with Gasteiger partial charge in [0.2, 0.25) is 0 Å². The third-order valence-electron chi connectivity index (χ3n) is 5.83. The normalized spacial score (nSPS) is 10.5. The summed E-state index contributed by atoms with van der Waals surface area (Å²) < 4.78 is 1.81. The SMILES string of the molecule is CCC.Cc1ccccc1-c1cc(NCc2cccc(NC(=O)Nc3cccc(O)c3)c2)n2ncc(C)c2n1. The van der Waals surface area contributed by atoms with Crippen molar-refractivity contribution < 1.29 is 9.90 Å². The van der Waals surface area contributed by atoms with E-state index in [0.29, 0.717) is 17.9 Å². The van der Waals surface area contributed by atoms with E-state index in [9.17, 15) is 9.90 Å². The van der Waals surface area contributed by atoms with Crippen LogP contribution in [0.5, 0.6) is 5.75 Å². The molecule has 39 heavy (non-hydrogen) atoms. The van der Waals surface area contributed by atoms with Crippen molar-refractivity contribution in [2.75, 3.05) is 16.0 Å². The van der Waals surface area contributed by atoms with Gasteiger partial charge in [0.25, 0.3) is 0 Å². The minimum absolute atomic E-state index is 0.0871. The van der Waals surface area contributed by atoms with E-state index in [1.54, 1.807) is 18.2 Å². The Bertz CT molecular complexity index is 1580. The lowest BCUT2D eigenvalue weighted by molar-refractivity contribution is 0.262. The van der Waals surface area contributed by atoms with Crippen LogP contribution in [0.1, 0.15) is 37.0 Å². The van der Waals surface area contributed by atoms with Crippen LogP contribution < -0.4 is 16.0 Å². The van der Waals surface area contributed by atoms with E-state index in [4.69, 9.17) is 4.98 Å². The van der Waals surface area contributed by atoms with Crippen LogP contribution in [0.3, 0.4) is 0 Å². The molecule has 0 saturated heterocycles. The highest BCUT2D eigenvalue weighted by Gasteiger charge is 2.12. The van der Waals surface area contributed by atoms with Gasteiger partial charge in [-0.1, -0.05) is 62.7 Å². The molecule has 0 spiro atoms. The van der Waals surface area contributed by atoms with E-state index in [-0.39, 0.29) is 5.75 Å². The van der Waals surface area contributed by atoms with Gasteiger partial charge in [-0.25, -0.2) is 9.78 Å². The highest BCUT2D eigenvalue weighted by atomic mass is 16.3. The first-order valence-electron chi connectivity index (χ1n) is 13.0. The molecule has 2 aromatic heterocycles. The van der Waals surface area contributed by atoms with Gasteiger partial charge < -0.3 is 21.1 Å². The second-order valence-electron chi connectivity index (χ2n) is 9.30. The lowest BCUT2D eigenvalue weighted by Crippen LogP contribution is -2.19. The van der Waals surface area contributed by atoms with Gasteiger partial charge in [0, 0.05) is 41.2 Å². The molecule has 200 valence electrons. The van der Waals surface area contributed by atoms with Crippen LogP contribution in [0.2, 0.25) is 0 Å². The van der Waals surface area contributed by atoms with E-state index < -0.39 is 6.03 Å². The average Bonchev–Trinajstić information content (AvgIpc) is 3.29. The smallest absolute Gasteiger partial charge is 0.323 e. The molecule has 8 heteroatoms. The van der Waals surface area contributed by atoms with Gasteiger partial charge in [0.05, 0.1) is 11.9 Å². The van der Waals surface area contributed by atoms with Gasteiger partial charge in [-0.3, -0.25) is 0 Å². The van der Waals surface area contributed by atoms with Crippen LogP contribution in [0.4, 0.5) is 22.0 Å². The second kappa shape index (κ2) is 12.6. The molecular weight excluding hydrogens is 488 g/mol. The number of amides is 2. The standard InChI is InChI=1S/C28H26N6O2.C3H8/c1-18-7-3-4-12-24(18)25-15-26(34-27(33-25)19(2)16-30-34)29-17-20-8-5-9-21(13-20)31-28(36)32-22-10-6-11-23(35)14-22;1-3-2/h3-16,29,35H,17H2,1-2H3,(H2,31,32,36);3H2,1-2H3. The summed E-state index contributed by atoms with van der Waals surface area (Å²) in [5.41, 5.74) is 7.05. The largest absolute Gasteiger partial charge is 0.508 e. The summed E-state index contributed by atoms with van der Waals surface area (Å²) in [6, 6.07) is 23.8. The Hall–Kier alpha value is -4.85. The second-order valence-corrected chi connectivity index (χ2v) is 9.30. The predicted octanol–water partition coefficient (Wildman–Crippen LogP) is 7.39. The molecule has 0 saturated carbocycles. The number of phenols is 1. The highest BCUT2D eigenvalue weighted by molar-refractivity contribution is 5.99. The highest BCUT2D eigenvalue weighted by Crippen LogP contribution is 2.26. The van der Waals surface area contributed by atoms with Gasteiger partial charge in [0.1, 0.15) is 11.6 Å². The van der Waals surface area contributed by atoms with Crippen LogP contribution in [0.25, 0.3) is 16.9 Å². The number of carbonyl (C=O) groups excluding carboxylic acids is 1. The van der Waals surface area contributed by atoms with Crippen LogP contribution in [-0.2, 0) is 6.54 Å². The third-order valence-corrected chi connectivity index (χ3v) is 5.83. The Morgan fingerprint density at radius 3 is 2.28 bits per heavy atom. The number of nitrogens with one attached hydrogen (secondary N) is 3. The maximum absolute atomic E-state index is 12.4. The van der Waals surface area contributed by atoms with Crippen molar-refractivity contribution in [1.82, 2.24) is 14.6 Å². The molecular formula is C31H34N6O2. The first kappa shape index (κ1) is 27.2. The topological polar surface area (TPSA) is 104 Å². The fourth-order valence-corrected chi connectivity index (χ4v) is 4.03. The summed E-state index contributed by atoms with van der Waals surface area (Å²) in [6.07, 6.45) is 3.06. The Kier molecular flexibility index (Phi) is 8.78. The Morgan fingerprint density at radius 1 is 0.872 bits per heavy atom. The number of fused-ring (bicyclic) bond motifs is 1. The molecule has 0 bridgehead atoms. The fraction of sp³-hybridized carbons (Fsp3) is 0.194. The van der Waals surface area contributed by atoms with Crippen molar-refractivity contribution in [3.63, 3.8) is 0 Å². The van der Waals surface area contributed by atoms with E-state index in [1.807, 2.05) is 60.1 Å². The monoisotopic (exact) mass is 522 g/mol. The Balaban J connectivity index is 0.00000112. The van der Waals surface area contributed by atoms with Crippen molar-refractivity contribution in [2.45, 2.75) is 40.7 Å². The Morgan fingerprint density at radius 2 is 1.56 bits per heavy atom. The molecule has 0 aliphatic heterocycles. The first-order valence-corrected chi connectivity index (χ1v) is 13.0. The third kappa shape index (κ3) is 6.93. The molecule has 2 heterocycles. The molecule has 2 amide bonds. The summed E-state index contributed by atoms with van der Waals surface area (Å²) in [5.74, 6) is 0.912. The number of rotatable bonds is 6. The number of hydrogen-bond acceptors (Lipinski definition) is 5. The van der Waals surface area contributed by atoms with Crippen molar-refractivity contribution in [3.05, 3.63) is 102 Å². The van der Waals surface area contributed by atoms with Crippen LogP contribution in [0.15, 0.2) is 85.1 Å². The fourth-order valence-electron chi connectivity index (χ4n) is 4.03. The number of benzene rings is 3. The molecule has 0 fully saturated rings. The van der Waals surface area contributed by atoms with E-state index in [0.717, 1.165) is 39.4 Å². The number of aromatic hydroxyl groups is 1. The number of nitrogens with zero attached hydrogens (tertiary/aromatic N) is 3. The average molecular weight is 523 g/mol. The molecule has 0 aliphatic carbocycles. The number of aryl methyl sites for hydroxylation is 2. The minimum Gasteiger partial charge on any atom is -0.508 e. The molecule has 0 atom stereocenters. The number of carbonyl (C=O) groups is 1. The summed E-state index contributed by atoms with van der Waals surface area (Å²) in [4.78, 5) is 17.3. The minimum atomic E-state index is -0.392. The lowest BCUT2D eigenvalue weighted by Gasteiger charge is -2.13. The van der Waals surface area contributed by atoms with Crippen LogP contribution in [0, 0.1) is 13.8 Å². The van der Waals surface area contributed by atoms with Crippen LogP contribution in [-0.4, -0.2) is 25.7 Å². The van der Waals surface area contributed by atoms with Crippen LogP contribution >= 0.6 is 0 Å². The van der Waals surface area contributed by atoms with Crippen molar-refractivity contribution in [1.29, 1.82) is 0 Å². The molecule has 4 N–H and O–H groups in total. The van der Waals surface area contributed by atoms with E-state index >= 15 is 0 Å². The molecule has 3 aromatic carbocycles. The number of phenolic OH excluding ortho intramolecular Hbond substituents is 1. The van der Waals surface area contributed by atoms with Crippen molar-refractivity contribution in [2.24, 2.45) is 0 Å². The number of hydrogen-bond donors (Lipinski definition) is 4. The van der Waals surface area contributed by atoms with E-state index in [2.05, 4.69) is 54.0 Å². The number of anilines is 3. The molecule has 5 aromatic rings. The predicted molar refractivity (Wildman–Crippen MR) is 158 cm³/mol. The Labute approximate surface area is 228 Å². The summed E-state index contributed by atoms with van der Waals surface area (Å²) >= 11 is 0. The zero-order chi connectivity index (χ0) is 27.8. The molecule has 0 unspecified atom stereocenters. The molecule has 0 aliphatic rings. The van der Waals surface area contributed by atoms with Gasteiger partial charge in [-0.15, -0.1) is 0 Å². The molecule has 5 rings (SSSR count). The number of aromatic nitrogens is 3.